The highest BCUT2D eigenvalue weighted by molar-refractivity contribution is 5.07. The summed E-state index contributed by atoms with van der Waals surface area (Å²) in [5.41, 5.74) is 7.26. The second kappa shape index (κ2) is 5.40. The first kappa shape index (κ1) is 10.7. The maximum absolute atomic E-state index is 5.91. The van der Waals surface area contributed by atoms with E-state index in [-0.39, 0.29) is 6.04 Å². The van der Waals surface area contributed by atoms with Crippen LogP contribution in [0.4, 0.5) is 0 Å². The molecule has 0 aliphatic carbocycles. The molecule has 1 fully saturated rings. The van der Waals surface area contributed by atoms with Crippen molar-refractivity contribution in [2.24, 2.45) is 5.73 Å². The lowest BCUT2D eigenvalue weighted by Gasteiger charge is -2.14. The minimum absolute atomic E-state index is 0.266. The van der Waals surface area contributed by atoms with E-state index in [9.17, 15) is 0 Å². The van der Waals surface area contributed by atoms with Gasteiger partial charge < -0.3 is 5.73 Å². The van der Waals surface area contributed by atoms with Crippen molar-refractivity contribution in [3.8, 4) is 0 Å². The number of rotatable bonds is 4. The molecule has 0 bridgehead atoms. The number of nitrogens with zero attached hydrogens (tertiary/aromatic N) is 1. The van der Waals surface area contributed by atoms with Gasteiger partial charge in [-0.1, -0.05) is 18.6 Å². The first-order chi connectivity index (χ1) is 6.24. The van der Waals surface area contributed by atoms with Gasteiger partial charge in [0.25, 0.3) is 0 Å². The molecule has 0 aromatic rings. The van der Waals surface area contributed by atoms with E-state index in [0.29, 0.717) is 0 Å². The van der Waals surface area contributed by atoms with Crippen molar-refractivity contribution in [3.63, 3.8) is 0 Å². The van der Waals surface area contributed by atoms with Gasteiger partial charge >= 0.3 is 0 Å². The van der Waals surface area contributed by atoms with E-state index in [2.05, 4.69) is 24.8 Å². The van der Waals surface area contributed by atoms with Crippen LogP contribution < -0.4 is 5.73 Å². The van der Waals surface area contributed by atoms with Crippen molar-refractivity contribution in [2.45, 2.75) is 39.2 Å². The Bertz CT molecular complexity index is 169. The fourth-order valence-electron chi connectivity index (χ4n) is 1.71. The van der Waals surface area contributed by atoms with Crippen LogP contribution in [-0.2, 0) is 0 Å². The average molecular weight is 182 g/mol. The molecule has 1 heterocycles. The Kier molecular flexibility index (Phi) is 4.46. The summed E-state index contributed by atoms with van der Waals surface area (Å²) >= 11 is 0. The summed E-state index contributed by atoms with van der Waals surface area (Å²) in [5.74, 6) is 0. The van der Waals surface area contributed by atoms with Gasteiger partial charge in [-0.15, -0.1) is 0 Å². The summed E-state index contributed by atoms with van der Waals surface area (Å²) in [4.78, 5) is 2.49. The minimum atomic E-state index is 0.266. The molecule has 1 aliphatic rings. The molecule has 0 spiro atoms. The molecule has 13 heavy (non-hydrogen) atoms. The lowest BCUT2D eigenvalue weighted by atomic mass is 10.1. The van der Waals surface area contributed by atoms with Crippen molar-refractivity contribution in [2.75, 3.05) is 19.6 Å². The molecule has 1 atom stereocenters. The van der Waals surface area contributed by atoms with Crippen LogP contribution in [0.3, 0.4) is 0 Å². The van der Waals surface area contributed by atoms with Crippen molar-refractivity contribution in [1.82, 2.24) is 4.90 Å². The summed E-state index contributed by atoms with van der Waals surface area (Å²) in [6.07, 6.45) is 6.07. The highest BCUT2D eigenvalue weighted by Gasteiger charge is 2.09. The van der Waals surface area contributed by atoms with E-state index < -0.39 is 0 Å². The Morgan fingerprint density at radius 3 is 2.62 bits per heavy atom. The number of likely N-dealkylation sites (tertiary alicyclic amines) is 1. The third kappa shape index (κ3) is 3.49. The van der Waals surface area contributed by atoms with Gasteiger partial charge in [0.05, 0.1) is 0 Å². The zero-order valence-electron chi connectivity index (χ0n) is 8.92. The minimum Gasteiger partial charge on any atom is -0.324 e. The average Bonchev–Trinajstić information content (AvgIpc) is 2.65. The van der Waals surface area contributed by atoms with Crippen LogP contribution in [-0.4, -0.2) is 30.6 Å². The molecular weight excluding hydrogens is 160 g/mol. The molecule has 1 aliphatic heterocycles. The Hall–Kier alpha value is -0.340. The van der Waals surface area contributed by atoms with Gasteiger partial charge in [0.1, 0.15) is 0 Å². The van der Waals surface area contributed by atoms with Gasteiger partial charge in [-0.25, -0.2) is 0 Å². The SMILES string of the molecule is CCC(N)/C(C)=C\CN1CCCC1. The van der Waals surface area contributed by atoms with E-state index >= 15 is 0 Å². The smallest absolute Gasteiger partial charge is 0.0248 e. The molecule has 0 saturated carbocycles. The molecule has 0 aromatic carbocycles. The highest BCUT2D eigenvalue weighted by atomic mass is 15.1. The second-order valence-corrected chi connectivity index (χ2v) is 3.97. The van der Waals surface area contributed by atoms with Crippen molar-refractivity contribution in [3.05, 3.63) is 11.6 Å². The summed E-state index contributed by atoms with van der Waals surface area (Å²) in [6, 6.07) is 0.266. The van der Waals surface area contributed by atoms with Gasteiger partial charge in [0, 0.05) is 12.6 Å². The van der Waals surface area contributed by atoms with Gasteiger partial charge in [-0.05, 0) is 39.3 Å². The molecule has 0 aromatic heterocycles. The lowest BCUT2D eigenvalue weighted by molar-refractivity contribution is 0.376. The molecule has 76 valence electrons. The summed E-state index contributed by atoms with van der Waals surface area (Å²) in [5, 5.41) is 0. The zero-order chi connectivity index (χ0) is 9.68. The van der Waals surface area contributed by atoms with Crippen LogP contribution in [0.25, 0.3) is 0 Å². The molecule has 2 N–H and O–H groups in total. The topological polar surface area (TPSA) is 29.3 Å². The Balaban J connectivity index is 2.28. The molecule has 0 amide bonds. The number of nitrogens with two attached hydrogens (primary N) is 1. The second-order valence-electron chi connectivity index (χ2n) is 3.97. The van der Waals surface area contributed by atoms with Gasteiger partial charge in [-0.3, -0.25) is 4.90 Å². The van der Waals surface area contributed by atoms with E-state index in [1.807, 2.05) is 0 Å². The van der Waals surface area contributed by atoms with Gasteiger partial charge in [0.2, 0.25) is 0 Å². The monoisotopic (exact) mass is 182 g/mol. The first-order valence-electron chi connectivity index (χ1n) is 5.38. The fraction of sp³-hybridized carbons (Fsp3) is 0.818. The molecule has 1 saturated heterocycles. The van der Waals surface area contributed by atoms with Crippen LogP contribution in [0.2, 0.25) is 0 Å². The normalized spacial score (nSPS) is 22.2. The van der Waals surface area contributed by atoms with Crippen molar-refractivity contribution >= 4 is 0 Å². The van der Waals surface area contributed by atoms with Gasteiger partial charge in [-0.2, -0.15) is 0 Å². The van der Waals surface area contributed by atoms with E-state index in [0.717, 1.165) is 13.0 Å². The quantitative estimate of drug-likeness (QED) is 0.671. The molecule has 1 rings (SSSR count). The Morgan fingerprint density at radius 2 is 2.08 bits per heavy atom. The van der Waals surface area contributed by atoms with E-state index in [4.69, 9.17) is 5.73 Å². The molecule has 1 unspecified atom stereocenters. The largest absolute Gasteiger partial charge is 0.324 e. The van der Waals surface area contributed by atoms with Crippen LogP contribution in [0.5, 0.6) is 0 Å². The number of hydrogen-bond donors (Lipinski definition) is 1. The maximum Gasteiger partial charge on any atom is 0.0248 e. The van der Waals surface area contributed by atoms with E-state index in [1.165, 1.54) is 31.5 Å². The highest BCUT2D eigenvalue weighted by Crippen LogP contribution is 2.08. The van der Waals surface area contributed by atoms with Crippen molar-refractivity contribution in [1.29, 1.82) is 0 Å². The lowest BCUT2D eigenvalue weighted by Crippen LogP contribution is -2.23. The molecule has 0 radical (unpaired) electrons. The van der Waals surface area contributed by atoms with Crippen LogP contribution >= 0.6 is 0 Å². The predicted molar refractivity (Wildman–Crippen MR) is 57.7 cm³/mol. The van der Waals surface area contributed by atoms with Crippen molar-refractivity contribution < 1.29 is 0 Å². The fourth-order valence-corrected chi connectivity index (χ4v) is 1.71. The van der Waals surface area contributed by atoms with Crippen LogP contribution in [0, 0.1) is 0 Å². The Morgan fingerprint density at radius 1 is 1.46 bits per heavy atom. The summed E-state index contributed by atoms with van der Waals surface area (Å²) in [7, 11) is 0. The Labute approximate surface area is 81.8 Å². The van der Waals surface area contributed by atoms with Crippen LogP contribution in [0.1, 0.15) is 33.1 Å². The molecule has 2 heteroatoms. The number of hydrogen-bond acceptors (Lipinski definition) is 2. The summed E-state index contributed by atoms with van der Waals surface area (Å²) in [6.45, 7) is 7.91. The third-order valence-electron chi connectivity index (χ3n) is 2.89. The molecular formula is C11H22N2. The standard InChI is InChI=1S/C11H22N2/c1-3-11(12)10(2)6-9-13-7-4-5-8-13/h6,11H,3-5,7-9,12H2,1-2H3/b10-6-. The third-order valence-corrected chi connectivity index (χ3v) is 2.89. The first-order valence-corrected chi connectivity index (χ1v) is 5.38. The molecule has 2 nitrogen and oxygen atoms in total. The predicted octanol–water partition coefficient (Wildman–Crippen LogP) is 1.77. The van der Waals surface area contributed by atoms with Gasteiger partial charge in [0.15, 0.2) is 0 Å². The maximum atomic E-state index is 5.91. The summed E-state index contributed by atoms with van der Waals surface area (Å²) < 4.78 is 0. The zero-order valence-corrected chi connectivity index (χ0v) is 8.92. The van der Waals surface area contributed by atoms with Crippen LogP contribution in [0.15, 0.2) is 11.6 Å². The van der Waals surface area contributed by atoms with E-state index in [1.54, 1.807) is 0 Å².